The van der Waals surface area contributed by atoms with Crippen molar-refractivity contribution in [3.63, 3.8) is 0 Å². The maximum atomic E-state index is 13.3. The number of fused-ring (bicyclic) bond motifs is 2. The van der Waals surface area contributed by atoms with Gasteiger partial charge in [0.25, 0.3) is 10.0 Å². The average molecular weight is 444 g/mol. The molecule has 1 atom stereocenters. The Morgan fingerprint density at radius 1 is 1.19 bits per heavy atom. The van der Waals surface area contributed by atoms with Gasteiger partial charge >= 0.3 is 0 Å². The lowest BCUT2D eigenvalue weighted by atomic mass is 9.88. The number of benzene rings is 2. The first-order valence-corrected chi connectivity index (χ1v) is 10.2. The molecule has 2 heterocycles. The van der Waals surface area contributed by atoms with Crippen LogP contribution >= 0.6 is 15.9 Å². The molecule has 1 unspecified atom stereocenters. The molecule has 136 valence electrons. The van der Waals surface area contributed by atoms with Crippen molar-refractivity contribution < 1.29 is 13.2 Å². The van der Waals surface area contributed by atoms with Gasteiger partial charge in [-0.25, -0.2) is 8.42 Å². The fraction of sp³-hybridized carbons (Fsp3) is 0.105. The van der Waals surface area contributed by atoms with Crippen LogP contribution in [0.5, 0.6) is 0 Å². The first-order valence-electron chi connectivity index (χ1n) is 8.02. The molecular weight excluding hydrogens is 430 g/mol. The first-order chi connectivity index (χ1) is 12.9. The van der Waals surface area contributed by atoms with Gasteiger partial charge in [0.2, 0.25) is 5.88 Å². The van der Waals surface area contributed by atoms with E-state index >= 15 is 0 Å². The number of sulfonamides is 1. The molecule has 0 fully saturated rings. The third-order valence-electron chi connectivity index (χ3n) is 4.70. The van der Waals surface area contributed by atoms with E-state index in [1.165, 1.54) is 11.4 Å². The molecule has 2 N–H and O–H groups in total. The Labute approximate surface area is 165 Å². The van der Waals surface area contributed by atoms with Crippen molar-refractivity contribution in [2.24, 2.45) is 5.73 Å². The minimum Gasteiger partial charge on any atom is -0.439 e. The number of halogens is 1. The second-order valence-corrected chi connectivity index (χ2v) is 9.01. The van der Waals surface area contributed by atoms with Gasteiger partial charge in [0.1, 0.15) is 16.5 Å². The van der Waals surface area contributed by atoms with E-state index < -0.39 is 15.9 Å². The monoisotopic (exact) mass is 443 g/mol. The summed E-state index contributed by atoms with van der Waals surface area (Å²) in [6.45, 7) is 0. The lowest BCUT2D eigenvalue weighted by molar-refractivity contribution is 0.357. The van der Waals surface area contributed by atoms with Gasteiger partial charge in [-0.05, 0) is 29.8 Å². The number of para-hydroxylation sites is 1. The van der Waals surface area contributed by atoms with E-state index in [1.807, 2.05) is 6.07 Å². The molecule has 4 rings (SSSR count). The summed E-state index contributed by atoms with van der Waals surface area (Å²) in [5.74, 6) is -0.750. The smallest absolute Gasteiger partial charge is 0.264 e. The summed E-state index contributed by atoms with van der Waals surface area (Å²) >= 11 is 3.37. The Hall–Kier alpha value is -2.76. The Balaban J connectivity index is 2.07. The van der Waals surface area contributed by atoms with Crippen LogP contribution in [-0.4, -0.2) is 15.5 Å². The van der Waals surface area contributed by atoms with Gasteiger partial charge in [-0.15, -0.1) is 0 Å². The molecule has 0 aliphatic carbocycles. The molecule has 8 heteroatoms. The maximum absolute atomic E-state index is 13.3. The average Bonchev–Trinajstić information content (AvgIpc) is 2.66. The number of nitrogens with zero attached hydrogens (tertiary/aromatic N) is 2. The van der Waals surface area contributed by atoms with Crippen LogP contribution in [0.25, 0.3) is 5.76 Å². The van der Waals surface area contributed by atoms with Crippen LogP contribution in [0.3, 0.4) is 0 Å². The highest BCUT2D eigenvalue weighted by Crippen LogP contribution is 2.50. The molecule has 0 aromatic heterocycles. The number of anilines is 1. The van der Waals surface area contributed by atoms with Gasteiger partial charge in [0.15, 0.2) is 5.76 Å². The molecule has 0 amide bonds. The molecule has 27 heavy (non-hydrogen) atoms. The second kappa shape index (κ2) is 6.15. The van der Waals surface area contributed by atoms with Crippen molar-refractivity contribution in [3.05, 3.63) is 80.5 Å². The summed E-state index contributed by atoms with van der Waals surface area (Å²) < 4.78 is 34.4. The molecule has 0 spiro atoms. The zero-order valence-corrected chi connectivity index (χ0v) is 16.6. The van der Waals surface area contributed by atoms with Gasteiger partial charge < -0.3 is 10.5 Å². The van der Waals surface area contributed by atoms with Crippen LogP contribution in [0.1, 0.15) is 17.0 Å². The molecule has 2 aromatic carbocycles. The number of hydrogen-bond acceptors (Lipinski definition) is 5. The van der Waals surface area contributed by atoms with Gasteiger partial charge in [-0.2, -0.15) is 5.26 Å². The molecule has 0 radical (unpaired) electrons. The van der Waals surface area contributed by atoms with E-state index in [4.69, 9.17) is 10.5 Å². The minimum absolute atomic E-state index is 0.0248. The fourth-order valence-corrected chi connectivity index (χ4v) is 5.30. The highest BCUT2D eigenvalue weighted by atomic mass is 79.9. The molecule has 0 saturated heterocycles. The van der Waals surface area contributed by atoms with E-state index in [0.29, 0.717) is 16.8 Å². The molecule has 2 aromatic rings. The summed E-state index contributed by atoms with van der Waals surface area (Å²) in [6.07, 6.45) is 0. The third-order valence-corrected chi connectivity index (χ3v) is 7.13. The van der Waals surface area contributed by atoms with Gasteiger partial charge in [0, 0.05) is 17.1 Å². The van der Waals surface area contributed by atoms with Gasteiger partial charge in [-0.3, -0.25) is 4.31 Å². The van der Waals surface area contributed by atoms with Crippen molar-refractivity contribution in [2.75, 3.05) is 11.4 Å². The van der Waals surface area contributed by atoms with Crippen molar-refractivity contribution >= 4 is 37.4 Å². The Bertz CT molecular complexity index is 1160. The minimum atomic E-state index is -3.91. The van der Waals surface area contributed by atoms with Crippen LogP contribution < -0.4 is 10.0 Å². The van der Waals surface area contributed by atoms with Crippen molar-refractivity contribution in [3.8, 4) is 6.07 Å². The number of ether oxygens (including phenoxy) is 1. The van der Waals surface area contributed by atoms with Crippen LogP contribution in [0.15, 0.2) is 69.4 Å². The summed E-state index contributed by atoms with van der Waals surface area (Å²) in [4.78, 5) is 0.0248. The fourth-order valence-electron chi connectivity index (χ4n) is 3.38. The van der Waals surface area contributed by atoms with Crippen LogP contribution in [0, 0.1) is 11.3 Å². The van der Waals surface area contributed by atoms with E-state index in [0.717, 1.165) is 4.47 Å². The van der Waals surface area contributed by atoms with Crippen molar-refractivity contribution in [1.29, 1.82) is 5.26 Å². The highest BCUT2D eigenvalue weighted by molar-refractivity contribution is 9.10. The van der Waals surface area contributed by atoms with Crippen LogP contribution in [-0.2, 0) is 14.8 Å². The van der Waals surface area contributed by atoms with E-state index in [2.05, 4.69) is 15.9 Å². The van der Waals surface area contributed by atoms with Crippen LogP contribution in [0.4, 0.5) is 5.69 Å². The topological polar surface area (TPSA) is 96.4 Å². The number of nitrogens with two attached hydrogens (primary N) is 1. The van der Waals surface area contributed by atoms with Crippen LogP contribution in [0.2, 0.25) is 0 Å². The number of hydrogen-bond donors (Lipinski definition) is 1. The second-order valence-electron chi connectivity index (χ2n) is 6.16. The van der Waals surface area contributed by atoms with E-state index in [9.17, 15) is 13.7 Å². The standard InChI is InChI=1S/C19H14BrN3O3S/c1-23-15-5-3-2-4-13(15)17-18(27(23,24)25)16(14(10-21)19(22)26-17)11-6-8-12(20)9-7-11/h2-9,16H,22H2,1H3. The zero-order chi connectivity index (χ0) is 19.3. The molecule has 6 nitrogen and oxygen atoms in total. The van der Waals surface area contributed by atoms with Gasteiger partial charge in [-0.1, -0.05) is 40.2 Å². The molecule has 0 bridgehead atoms. The van der Waals surface area contributed by atoms with E-state index in [1.54, 1.807) is 48.5 Å². The Morgan fingerprint density at radius 3 is 2.52 bits per heavy atom. The molecule has 2 aliphatic heterocycles. The SMILES string of the molecule is CN1c2ccccc2C2=C(C(c3ccc(Br)cc3)C(C#N)=C(N)O2)S1(=O)=O. The molecule has 2 aliphatic rings. The normalized spacial score (nSPS) is 20.5. The van der Waals surface area contributed by atoms with E-state index in [-0.39, 0.29) is 22.1 Å². The number of rotatable bonds is 1. The largest absolute Gasteiger partial charge is 0.439 e. The third kappa shape index (κ3) is 2.54. The Morgan fingerprint density at radius 2 is 1.85 bits per heavy atom. The summed E-state index contributed by atoms with van der Waals surface area (Å²) in [5.41, 5.74) is 7.85. The first kappa shape index (κ1) is 17.6. The van der Waals surface area contributed by atoms with Crippen molar-refractivity contribution in [2.45, 2.75) is 5.92 Å². The lowest BCUT2D eigenvalue weighted by Crippen LogP contribution is -2.37. The highest BCUT2D eigenvalue weighted by Gasteiger charge is 2.46. The number of allylic oxidation sites excluding steroid dienone is 2. The van der Waals surface area contributed by atoms with Crippen molar-refractivity contribution in [1.82, 2.24) is 0 Å². The zero-order valence-electron chi connectivity index (χ0n) is 14.2. The predicted octanol–water partition coefficient (Wildman–Crippen LogP) is 3.41. The Kier molecular flexibility index (Phi) is 4.02. The lowest BCUT2D eigenvalue weighted by Gasteiger charge is -2.36. The summed E-state index contributed by atoms with van der Waals surface area (Å²) in [7, 11) is -2.42. The number of nitriles is 1. The predicted molar refractivity (Wildman–Crippen MR) is 105 cm³/mol. The summed E-state index contributed by atoms with van der Waals surface area (Å²) in [6, 6.07) is 16.2. The van der Waals surface area contributed by atoms with Gasteiger partial charge in [0.05, 0.1) is 11.6 Å². The molecular formula is C19H14BrN3O3S. The quantitative estimate of drug-likeness (QED) is 0.728. The molecule has 0 saturated carbocycles. The maximum Gasteiger partial charge on any atom is 0.264 e. The summed E-state index contributed by atoms with van der Waals surface area (Å²) in [5, 5.41) is 9.66.